The lowest BCUT2D eigenvalue weighted by molar-refractivity contribution is -0.0796. The zero-order valence-corrected chi connectivity index (χ0v) is 19.0. The molecule has 1 saturated heterocycles. The fourth-order valence-electron chi connectivity index (χ4n) is 4.22. The molecule has 3 aromatic heterocycles. The number of rotatable bonds is 4. The molecule has 5 rings (SSSR count). The van der Waals surface area contributed by atoms with Gasteiger partial charge < -0.3 is 10.1 Å². The minimum absolute atomic E-state index is 0.0262. The van der Waals surface area contributed by atoms with E-state index in [0.29, 0.717) is 23.8 Å². The monoisotopic (exact) mass is 452 g/mol. The molecule has 1 fully saturated rings. The van der Waals surface area contributed by atoms with Crippen molar-refractivity contribution in [1.82, 2.24) is 19.8 Å². The summed E-state index contributed by atoms with van der Waals surface area (Å²) >= 11 is 1.44. The number of carbonyl (C=O) groups is 1. The molecule has 4 aromatic rings. The summed E-state index contributed by atoms with van der Waals surface area (Å²) in [7, 11) is 1.60. The zero-order valence-electron chi connectivity index (χ0n) is 18.1. The van der Waals surface area contributed by atoms with Crippen LogP contribution in [0.25, 0.3) is 21.0 Å². The summed E-state index contributed by atoms with van der Waals surface area (Å²) in [6.45, 7) is 3.67. The maximum atomic E-state index is 13.6. The second kappa shape index (κ2) is 7.54. The molecule has 0 spiro atoms. The average Bonchev–Trinajstić information content (AvgIpc) is 3.46. The highest BCUT2D eigenvalue weighted by Gasteiger charge is 2.38. The average molecular weight is 453 g/mol. The van der Waals surface area contributed by atoms with Crippen LogP contribution in [0.3, 0.4) is 0 Å². The van der Waals surface area contributed by atoms with Crippen molar-refractivity contribution in [3.63, 3.8) is 0 Å². The van der Waals surface area contributed by atoms with Gasteiger partial charge in [0, 0.05) is 35.4 Å². The van der Waals surface area contributed by atoms with Crippen LogP contribution in [0, 0.1) is 0 Å². The van der Waals surface area contributed by atoms with Crippen molar-refractivity contribution >= 4 is 38.2 Å². The number of thiophene rings is 1. The van der Waals surface area contributed by atoms with Gasteiger partial charge in [0.25, 0.3) is 11.5 Å². The highest BCUT2D eigenvalue weighted by Crippen LogP contribution is 2.36. The van der Waals surface area contributed by atoms with Gasteiger partial charge in [0.1, 0.15) is 12.2 Å². The number of carbonyl (C=O) groups excluding carboxylic acids is 1. The summed E-state index contributed by atoms with van der Waals surface area (Å²) < 4.78 is 2.03. The Morgan fingerprint density at radius 2 is 2.16 bits per heavy atom. The summed E-state index contributed by atoms with van der Waals surface area (Å²) in [5, 5.41) is 17.3. The van der Waals surface area contributed by atoms with Crippen molar-refractivity contribution in [2.24, 2.45) is 7.05 Å². The molecule has 0 aliphatic carbocycles. The van der Waals surface area contributed by atoms with E-state index < -0.39 is 11.5 Å². The number of H-pyrrole nitrogens is 1. The van der Waals surface area contributed by atoms with Crippen LogP contribution >= 0.6 is 11.3 Å². The molecular weight excluding hydrogens is 428 g/mol. The first kappa shape index (κ1) is 20.9. The van der Waals surface area contributed by atoms with Gasteiger partial charge >= 0.3 is 0 Å². The summed E-state index contributed by atoms with van der Waals surface area (Å²) in [6, 6.07) is 7.99. The third kappa shape index (κ3) is 3.33. The van der Waals surface area contributed by atoms with Crippen molar-refractivity contribution < 1.29 is 14.7 Å². The van der Waals surface area contributed by atoms with Gasteiger partial charge in [-0.2, -0.15) is 5.10 Å². The molecule has 1 aliphatic heterocycles. The molecule has 8 nitrogen and oxygen atoms in total. The number of hydrogen-bond donors (Lipinski definition) is 2. The SMILES string of the molecule is CCc1nn(C)c(=O)c2c(C(=O)N3C[C@](C)(O)CO3)c(Cc3c[nH]c4ccccc34)sc12. The number of benzene rings is 1. The van der Waals surface area contributed by atoms with Crippen molar-refractivity contribution in [3.8, 4) is 0 Å². The first-order chi connectivity index (χ1) is 15.3. The van der Waals surface area contributed by atoms with Crippen LogP contribution in [0.1, 0.15) is 40.3 Å². The minimum atomic E-state index is -1.13. The van der Waals surface area contributed by atoms with E-state index in [-0.39, 0.29) is 18.7 Å². The quantitative estimate of drug-likeness (QED) is 0.496. The van der Waals surface area contributed by atoms with Gasteiger partial charge in [-0.3, -0.25) is 14.4 Å². The fraction of sp³-hybridized carbons (Fsp3) is 0.348. The van der Waals surface area contributed by atoms with E-state index in [1.54, 1.807) is 14.0 Å². The van der Waals surface area contributed by atoms with Crippen LogP contribution in [-0.2, 0) is 24.7 Å². The van der Waals surface area contributed by atoms with E-state index in [0.717, 1.165) is 31.7 Å². The maximum absolute atomic E-state index is 13.6. The lowest BCUT2D eigenvalue weighted by Crippen LogP contribution is -2.35. The molecule has 32 heavy (non-hydrogen) atoms. The summed E-state index contributed by atoms with van der Waals surface area (Å²) in [5.41, 5.74) is 1.74. The maximum Gasteiger partial charge on any atom is 0.279 e. The first-order valence-electron chi connectivity index (χ1n) is 10.5. The Kier molecular flexibility index (Phi) is 4.92. The van der Waals surface area contributed by atoms with Gasteiger partial charge in [-0.1, -0.05) is 25.1 Å². The number of fused-ring (bicyclic) bond motifs is 2. The van der Waals surface area contributed by atoms with Crippen molar-refractivity contribution in [1.29, 1.82) is 0 Å². The molecule has 0 radical (unpaired) electrons. The third-order valence-electron chi connectivity index (χ3n) is 5.84. The number of hydroxylamine groups is 2. The number of aromatic nitrogens is 3. The van der Waals surface area contributed by atoms with Crippen molar-refractivity contribution in [2.45, 2.75) is 32.3 Å². The van der Waals surface area contributed by atoms with Crippen molar-refractivity contribution in [2.75, 3.05) is 13.2 Å². The number of nitrogens with one attached hydrogen (secondary N) is 1. The number of hydrogen-bond acceptors (Lipinski definition) is 6. The largest absolute Gasteiger partial charge is 0.386 e. The van der Waals surface area contributed by atoms with E-state index in [9.17, 15) is 14.7 Å². The predicted octanol–water partition coefficient (Wildman–Crippen LogP) is 2.77. The molecular formula is C23H24N4O4S. The fourth-order valence-corrected chi connectivity index (χ4v) is 5.58. The molecule has 166 valence electrons. The number of nitrogens with zero attached hydrogens (tertiary/aromatic N) is 3. The Balaban J connectivity index is 1.71. The van der Waals surface area contributed by atoms with Gasteiger partial charge in [-0.15, -0.1) is 11.3 Å². The van der Waals surface area contributed by atoms with Gasteiger partial charge in [-0.25, -0.2) is 9.75 Å². The third-order valence-corrected chi connectivity index (χ3v) is 7.08. The molecule has 0 unspecified atom stereocenters. The summed E-state index contributed by atoms with van der Waals surface area (Å²) in [6.07, 6.45) is 3.07. The number of aromatic amines is 1. The number of aliphatic hydroxyl groups is 1. The molecule has 1 aliphatic rings. The second-order valence-electron chi connectivity index (χ2n) is 8.48. The topological polar surface area (TPSA) is 100 Å². The van der Waals surface area contributed by atoms with Crippen LogP contribution in [0.5, 0.6) is 0 Å². The van der Waals surface area contributed by atoms with E-state index in [1.807, 2.05) is 37.4 Å². The number of β-amino-alcohol motifs (C(OH)–C–C–N with tert-alkyl or cyclic N) is 1. The minimum Gasteiger partial charge on any atom is -0.386 e. The van der Waals surface area contributed by atoms with Crippen LogP contribution < -0.4 is 5.56 Å². The van der Waals surface area contributed by atoms with Crippen LogP contribution in [0.15, 0.2) is 35.3 Å². The Labute approximate surface area is 188 Å². The number of amides is 1. The van der Waals surface area contributed by atoms with Gasteiger partial charge in [0.15, 0.2) is 0 Å². The van der Waals surface area contributed by atoms with Gasteiger partial charge in [-0.05, 0) is 25.0 Å². The van der Waals surface area contributed by atoms with E-state index in [2.05, 4.69) is 10.1 Å². The van der Waals surface area contributed by atoms with Gasteiger partial charge in [0.2, 0.25) is 0 Å². The van der Waals surface area contributed by atoms with Crippen molar-refractivity contribution in [3.05, 3.63) is 62.5 Å². The zero-order chi connectivity index (χ0) is 22.6. The molecule has 1 aromatic carbocycles. The number of aryl methyl sites for hydroxylation is 2. The molecule has 1 amide bonds. The highest BCUT2D eigenvalue weighted by molar-refractivity contribution is 7.19. The Hall–Kier alpha value is -3.01. The Morgan fingerprint density at radius 1 is 1.38 bits per heavy atom. The molecule has 0 bridgehead atoms. The lowest BCUT2D eigenvalue weighted by atomic mass is 10.0. The molecule has 0 saturated carbocycles. The summed E-state index contributed by atoms with van der Waals surface area (Å²) in [4.78, 5) is 36.3. The predicted molar refractivity (Wildman–Crippen MR) is 123 cm³/mol. The van der Waals surface area contributed by atoms with Crippen LogP contribution in [-0.4, -0.2) is 49.6 Å². The summed E-state index contributed by atoms with van der Waals surface area (Å²) in [5.74, 6) is -0.408. The normalized spacial score (nSPS) is 18.8. The standard InChI is InChI=1S/C23H24N4O4S/c1-4-15-20-19(21(28)26(3)25-15)18(22(29)27-11-23(2,30)12-31-27)17(32-20)9-13-10-24-16-8-6-5-7-14(13)16/h5-8,10,24,30H,4,9,11-12H2,1-3H3/t23-/m0/s1. The van der Waals surface area contributed by atoms with Gasteiger partial charge in [0.05, 0.1) is 27.9 Å². The molecule has 9 heteroatoms. The van der Waals surface area contributed by atoms with Crippen LogP contribution in [0.2, 0.25) is 0 Å². The van der Waals surface area contributed by atoms with Crippen LogP contribution in [0.4, 0.5) is 0 Å². The van der Waals surface area contributed by atoms with E-state index in [1.165, 1.54) is 21.1 Å². The lowest BCUT2D eigenvalue weighted by Gasteiger charge is -2.16. The smallest absolute Gasteiger partial charge is 0.279 e. The number of para-hydroxylation sites is 1. The molecule has 1 atom stereocenters. The molecule has 4 heterocycles. The first-order valence-corrected chi connectivity index (χ1v) is 11.3. The second-order valence-corrected chi connectivity index (χ2v) is 9.59. The Bertz CT molecular complexity index is 1410. The Morgan fingerprint density at radius 3 is 2.88 bits per heavy atom. The van der Waals surface area contributed by atoms with E-state index >= 15 is 0 Å². The highest BCUT2D eigenvalue weighted by atomic mass is 32.1. The molecule has 2 N–H and O–H groups in total. The van der Waals surface area contributed by atoms with E-state index in [4.69, 9.17) is 4.84 Å².